The van der Waals surface area contributed by atoms with Crippen molar-refractivity contribution in [2.24, 2.45) is 0 Å². The third kappa shape index (κ3) is 7.07. The van der Waals surface area contributed by atoms with Gasteiger partial charge in [0.15, 0.2) is 0 Å². The van der Waals surface area contributed by atoms with Crippen LogP contribution in [0.15, 0.2) is 36.9 Å². The smallest absolute Gasteiger partial charge is 0.410 e. The zero-order valence-corrected chi connectivity index (χ0v) is 15.8. The van der Waals surface area contributed by atoms with Crippen LogP contribution in [0.1, 0.15) is 53.0 Å². The van der Waals surface area contributed by atoms with Crippen LogP contribution in [0.3, 0.4) is 0 Å². The number of anilines is 1. The molecule has 1 amide bonds. The molecule has 0 bridgehead atoms. The van der Waals surface area contributed by atoms with E-state index in [1.807, 2.05) is 45.9 Å². The molecule has 0 aliphatic heterocycles. The van der Waals surface area contributed by atoms with E-state index in [1.165, 1.54) is 0 Å². The Hall–Kier alpha value is -1.97. The van der Waals surface area contributed by atoms with Gasteiger partial charge in [0.05, 0.1) is 6.54 Å². The van der Waals surface area contributed by atoms with Gasteiger partial charge < -0.3 is 15.0 Å². The summed E-state index contributed by atoms with van der Waals surface area (Å²) in [4.78, 5) is 14.1. The molecule has 0 aromatic heterocycles. The van der Waals surface area contributed by atoms with E-state index in [9.17, 15) is 4.79 Å². The molecule has 0 saturated heterocycles. The summed E-state index contributed by atoms with van der Waals surface area (Å²) in [5.41, 5.74) is 1.67. The summed E-state index contributed by atoms with van der Waals surface area (Å²) in [6, 6.07) is 8.46. The molecule has 0 heterocycles. The number of carbonyl (C=O) groups excluding carboxylic acids is 1. The molecule has 0 aliphatic carbocycles. The topological polar surface area (TPSA) is 41.6 Å². The highest BCUT2D eigenvalue weighted by Gasteiger charge is 2.22. The molecule has 4 heteroatoms. The number of hydrogen-bond acceptors (Lipinski definition) is 3. The van der Waals surface area contributed by atoms with Crippen LogP contribution in [0.5, 0.6) is 0 Å². The van der Waals surface area contributed by atoms with Crippen molar-refractivity contribution in [3.05, 3.63) is 42.5 Å². The van der Waals surface area contributed by atoms with Crippen molar-refractivity contribution in [3.8, 4) is 0 Å². The van der Waals surface area contributed by atoms with E-state index in [4.69, 9.17) is 4.74 Å². The third-order valence-corrected chi connectivity index (χ3v) is 3.62. The highest BCUT2D eigenvalue weighted by molar-refractivity contribution is 5.68. The van der Waals surface area contributed by atoms with Crippen LogP contribution in [0.2, 0.25) is 0 Å². The SMILES string of the molecule is C=CCCC(C)Nc1ccccc1CN(CC)C(=O)OC(C)(C)C. The van der Waals surface area contributed by atoms with Gasteiger partial charge in [0, 0.05) is 18.3 Å². The second kappa shape index (κ2) is 9.36. The van der Waals surface area contributed by atoms with Crippen LogP contribution in [-0.4, -0.2) is 29.2 Å². The van der Waals surface area contributed by atoms with Crippen LogP contribution < -0.4 is 5.32 Å². The largest absolute Gasteiger partial charge is 0.444 e. The molecule has 0 spiro atoms. The first-order chi connectivity index (χ1) is 11.3. The van der Waals surface area contributed by atoms with E-state index in [1.54, 1.807) is 4.90 Å². The molecular weight excluding hydrogens is 300 g/mol. The van der Waals surface area contributed by atoms with E-state index in [0.29, 0.717) is 19.1 Å². The summed E-state index contributed by atoms with van der Waals surface area (Å²) in [7, 11) is 0. The number of amides is 1. The van der Waals surface area contributed by atoms with Crippen molar-refractivity contribution in [2.45, 2.75) is 65.6 Å². The highest BCUT2D eigenvalue weighted by atomic mass is 16.6. The lowest BCUT2D eigenvalue weighted by molar-refractivity contribution is 0.0245. The van der Waals surface area contributed by atoms with Gasteiger partial charge in [-0.15, -0.1) is 6.58 Å². The van der Waals surface area contributed by atoms with Crippen molar-refractivity contribution in [1.82, 2.24) is 4.90 Å². The van der Waals surface area contributed by atoms with Crippen molar-refractivity contribution in [3.63, 3.8) is 0 Å². The summed E-state index contributed by atoms with van der Waals surface area (Å²) >= 11 is 0. The number of para-hydroxylation sites is 1. The lowest BCUT2D eigenvalue weighted by Gasteiger charge is -2.27. The fourth-order valence-electron chi connectivity index (χ4n) is 2.34. The highest BCUT2D eigenvalue weighted by Crippen LogP contribution is 2.20. The first kappa shape index (κ1) is 20.1. The maximum atomic E-state index is 12.3. The van der Waals surface area contributed by atoms with E-state index in [0.717, 1.165) is 24.1 Å². The molecule has 0 radical (unpaired) electrons. The molecule has 1 rings (SSSR count). The van der Waals surface area contributed by atoms with Crippen LogP contribution >= 0.6 is 0 Å². The number of benzene rings is 1. The summed E-state index contributed by atoms with van der Waals surface area (Å²) in [6.45, 7) is 14.7. The Kier molecular flexibility index (Phi) is 7.83. The maximum Gasteiger partial charge on any atom is 0.410 e. The van der Waals surface area contributed by atoms with E-state index in [2.05, 4.69) is 31.0 Å². The van der Waals surface area contributed by atoms with Crippen LogP contribution in [0.25, 0.3) is 0 Å². The van der Waals surface area contributed by atoms with Gasteiger partial charge in [-0.1, -0.05) is 24.3 Å². The predicted octanol–water partition coefficient (Wildman–Crippen LogP) is 5.21. The van der Waals surface area contributed by atoms with E-state index < -0.39 is 5.60 Å². The molecule has 1 N–H and O–H groups in total. The number of nitrogens with one attached hydrogen (secondary N) is 1. The quantitative estimate of drug-likeness (QED) is 0.664. The summed E-state index contributed by atoms with van der Waals surface area (Å²) in [6.07, 6.45) is 3.67. The van der Waals surface area contributed by atoms with Gasteiger partial charge in [0.25, 0.3) is 0 Å². The molecule has 1 atom stereocenters. The second-order valence-corrected chi connectivity index (χ2v) is 7.06. The average molecular weight is 332 g/mol. The van der Waals surface area contributed by atoms with Crippen LogP contribution in [0, 0.1) is 0 Å². The lowest BCUT2D eigenvalue weighted by atomic mass is 10.1. The minimum atomic E-state index is -0.485. The van der Waals surface area contributed by atoms with Gasteiger partial charge in [-0.3, -0.25) is 0 Å². The number of allylic oxidation sites excluding steroid dienone is 1. The van der Waals surface area contributed by atoms with Gasteiger partial charge >= 0.3 is 6.09 Å². The van der Waals surface area contributed by atoms with Gasteiger partial charge in [0.2, 0.25) is 0 Å². The number of nitrogens with zero attached hydrogens (tertiary/aromatic N) is 1. The van der Waals surface area contributed by atoms with Gasteiger partial charge in [0.1, 0.15) is 5.60 Å². The number of ether oxygens (including phenoxy) is 1. The number of rotatable bonds is 8. The maximum absolute atomic E-state index is 12.3. The predicted molar refractivity (Wildman–Crippen MR) is 101 cm³/mol. The second-order valence-electron chi connectivity index (χ2n) is 7.06. The van der Waals surface area contributed by atoms with Crippen LogP contribution in [0.4, 0.5) is 10.5 Å². The van der Waals surface area contributed by atoms with Crippen molar-refractivity contribution in [2.75, 3.05) is 11.9 Å². The molecular formula is C20H32N2O2. The molecule has 4 nitrogen and oxygen atoms in total. The third-order valence-electron chi connectivity index (χ3n) is 3.62. The molecule has 134 valence electrons. The summed E-state index contributed by atoms with van der Waals surface area (Å²) in [5, 5.41) is 3.54. The van der Waals surface area contributed by atoms with Crippen molar-refractivity contribution < 1.29 is 9.53 Å². The normalized spacial score (nSPS) is 12.4. The van der Waals surface area contributed by atoms with Crippen molar-refractivity contribution >= 4 is 11.8 Å². The monoisotopic (exact) mass is 332 g/mol. The average Bonchev–Trinajstić information content (AvgIpc) is 2.50. The molecule has 0 fully saturated rings. The Labute approximate surface area is 146 Å². The Morgan fingerprint density at radius 1 is 1.38 bits per heavy atom. The van der Waals surface area contributed by atoms with Gasteiger partial charge in [-0.25, -0.2) is 4.79 Å². The Bertz CT molecular complexity index is 535. The summed E-state index contributed by atoms with van der Waals surface area (Å²) in [5.74, 6) is 0. The zero-order chi connectivity index (χ0) is 18.2. The molecule has 0 aliphatic rings. The Morgan fingerprint density at radius 3 is 2.62 bits per heavy atom. The minimum Gasteiger partial charge on any atom is -0.444 e. The lowest BCUT2D eigenvalue weighted by Crippen LogP contribution is -2.36. The Morgan fingerprint density at radius 2 is 2.04 bits per heavy atom. The summed E-state index contributed by atoms with van der Waals surface area (Å²) < 4.78 is 5.49. The van der Waals surface area contributed by atoms with E-state index >= 15 is 0 Å². The molecule has 24 heavy (non-hydrogen) atoms. The van der Waals surface area contributed by atoms with Gasteiger partial charge in [-0.2, -0.15) is 0 Å². The number of carbonyl (C=O) groups is 1. The first-order valence-electron chi connectivity index (χ1n) is 8.70. The fraction of sp³-hybridized carbons (Fsp3) is 0.550. The molecule has 0 saturated carbocycles. The molecule has 1 aromatic rings. The molecule has 1 aromatic carbocycles. The fourth-order valence-corrected chi connectivity index (χ4v) is 2.34. The zero-order valence-electron chi connectivity index (χ0n) is 15.8. The standard InChI is InChI=1S/C20H32N2O2/c1-7-9-12-16(3)21-18-14-11-10-13-17(18)15-22(8-2)19(23)24-20(4,5)6/h7,10-11,13-14,16,21H,1,8-9,12,15H2,2-6H3. The number of hydrogen-bond donors (Lipinski definition) is 1. The molecule has 1 unspecified atom stereocenters. The Balaban J connectivity index is 2.81. The minimum absolute atomic E-state index is 0.278. The van der Waals surface area contributed by atoms with Gasteiger partial charge in [-0.05, 0) is 59.1 Å². The van der Waals surface area contributed by atoms with E-state index in [-0.39, 0.29) is 6.09 Å². The van der Waals surface area contributed by atoms with Crippen LogP contribution in [-0.2, 0) is 11.3 Å². The first-order valence-corrected chi connectivity index (χ1v) is 8.70. The van der Waals surface area contributed by atoms with Crippen molar-refractivity contribution in [1.29, 1.82) is 0 Å².